The Bertz CT molecular complexity index is 636. The average molecular weight is 288 g/mol. The van der Waals surface area contributed by atoms with Gasteiger partial charge >= 0.3 is 0 Å². The molecule has 5 heteroatoms. The van der Waals surface area contributed by atoms with Gasteiger partial charge in [-0.15, -0.1) is 0 Å². The van der Waals surface area contributed by atoms with Gasteiger partial charge in [-0.3, -0.25) is 4.79 Å². The topological polar surface area (TPSA) is 46.3 Å². The van der Waals surface area contributed by atoms with E-state index in [-0.39, 0.29) is 17.8 Å². The number of hydrogen-bond donors (Lipinski definition) is 0. The van der Waals surface area contributed by atoms with E-state index in [0.717, 1.165) is 25.8 Å². The summed E-state index contributed by atoms with van der Waals surface area (Å²) in [5.74, 6) is 0.0685. The van der Waals surface area contributed by atoms with Crippen LogP contribution in [0.15, 0.2) is 34.9 Å². The number of likely N-dealkylation sites (tertiary alicyclic amines) is 1. The summed E-state index contributed by atoms with van der Waals surface area (Å²) in [6.07, 6.45) is 3.21. The Morgan fingerprint density at radius 2 is 2.10 bits per heavy atom. The highest BCUT2D eigenvalue weighted by molar-refractivity contribution is 5.93. The predicted octanol–water partition coefficient (Wildman–Crippen LogP) is 3.50. The fourth-order valence-electron chi connectivity index (χ4n) is 2.67. The molecule has 0 spiro atoms. The standard InChI is InChI=1S/C16H17FN2O2/c1-11-4-2-3-9-19(11)16(20)14-10-15(21-18-14)12-5-7-13(17)8-6-12/h5-8,10-11H,2-4,9H2,1H3. The van der Waals surface area contributed by atoms with Gasteiger partial charge in [-0.05, 0) is 50.5 Å². The molecule has 1 aromatic heterocycles. The number of halogens is 1. The van der Waals surface area contributed by atoms with E-state index in [1.54, 1.807) is 18.2 Å². The summed E-state index contributed by atoms with van der Waals surface area (Å²) >= 11 is 0. The van der Waals surface area contributed by atoms with Crippen LogP contribution in [-0.4, -0.2) is 28.6 Å². The molecular weight excluding hydrogens is 271 g/mol. The van der Waals surface area contributed by atoms with Crippen LogP contribution in [0, 0.1) is 5.82 Å². The summed E-state index contributed by atoms with van der Waals surface area (Å²) in [6.45, 7) is 2.82. The Kier molecular flexibility index (Phi) is 3.73. The first-order valence-electron chi connectivity index (χ1n) is 7.19. The van der Waals surface area contributed by atoms with Crippen molar-refractivity contribution in [2.24, 2.45) is 0 Å². The van der Waals surface area contributed by atoms with Gasteiger partial charge in [-0.1, -0.05) is 5.16 Å². The number of hydrogen-bond acceptors (Lipinski definition) is 3. The molecule has 3 rings (SSSR count). The Balaban J connectivity index is 1.81. The third kappa shape index (κ3) is 2.82. The molecule has 0 saturated carbocycles. The van der Waals surface area contributed by atoms with Crippen molar-refractivity contribution in [3.8, 4) is 11.3 Å². The second-order valence-corrected chi connectivity index (χ2v) is 5.43. The van der Waals surface area contributed by atoms with Crippen molar-refractivity contribution in [2.45, 2.75) is 32.2 Å². The van der Waals surface area contributed by atoms with Crippen molar-refractivity contribution in [1.82, 2.24) is 10.1 Å². The number of carbonyl (C=O) groups is 1. The summed E-state index contributed by atoms with van der Waals surface area (Å²) < 4.78 is 18.1. The first kappa shape index (κ1) is 13.8. The lowest BCUT2D eigenvalue weighted by Gasteiger charge is -2.32. The van der Waals surface area contributed by atoms with Gasteiger partial charge in [0.15, 0.2) is 11.5 Å². The van der Waals surface area contributed by atoms with Crippen molar-refractivity contribution < 1.29 is 13.7 Å². The van der Waals surface area contributed by atoms with E-state index in [1.165, 1.54) is 12.1 Å². The Labute approximate surface area is 122 Å². The van der Waals surface area contributed by atoms with E-state index in [2.05, 4.69) is 12.1 Å². The zero-order valence-electron chi connectivity index (χ0n) is 11.9. The van der Waals surface area contributed by atoms with Gasteiger partial charge in [-0.2, -0.15) is 0 Å². The minimum Gasteiger partial charge on any atom is -0.355 e. The minimum atomic E-state index is -0.309. The van der Waals surface area contributed by atoms with Crippen molar-refractivity contribution in [1.29, 1.82) is 0 Å². The molecule has 2 aromatic rings. The van der Waals surface area contributed by atoms with Crippen molar-refractivity contribution >= 4 is 5.91 Å². The summed E-state index contributed by atoms with van der Waals surface area (Å²) in [5, 5.41) is 3.86. The third-order valence-electron chi connectivity index (χ3n) is 3.92. The summed E-state index contributed by atoms with van der Waals surface area (Å²) in [7, 11) is 0. The molecule has 0 N–H and O–H groups in total. The van der Waals surface area contributed by atoms with Gasteiger partial charge in [0, 0.05) is 24.2 Å². The van der Waals surface area contributed by atoms with Crippen LogP contribution in [-0.2, 0) is 0 Å². The normalized spacial score (nSPS) is 18.8. The molecule has 0 radical (unpaired) electrons. The van der Waals surface area contributed by atoms with Crippen LogP contribution in [0.25, 0.3) is 11.3 Å². The van der Waals surface area contributed by atoms with Crippen LogP contribution in [0.1, 0.15) is 36.7 Å². The Morgan fingerprint density at radius 3 is 2.81 bits per heavy atom. The van der Waals surface area contributed by atoms with Gasteiger partial charge in [0.05, 0.1) is 0 Å². The second-order valence-electron chi connectivity index (χ2n) is 5.43. The number of carbonyl (C=O) groups excluding carboxylic acids is 1. The molecule has 1 aliphatic heterocycles. The molecule has 1 atom stereocenters. The molecule has 1 saturated heterocycles. The molecule has 110 valence electrons. The van der Waals surface area contributed by atoms with Gasteiger partial charge in [0.2, 0.25) is 0 Å². The van der Waals surface area contributed by atoms with Gasteiger partial charge in [0.1, 0.15) is 5.82 Å². The molecule has 1 fully saturated rings. The van der Waals surface area contributed by atoms with Crippen molar-refractivity contribution in [2.75, 3.05) is 6.54 Å². The lowest BCUT2D eigenvalue weighted by Crippen LogP contribution is -2.42. The molecule has 0 bridgehead atoms. The molecular formula is C16H17FN2O2. The van der Waals surface area contributed by atoms with E-state index in [4.69, 9.17) is 4.52 Å². The van der Waals surface area contributed by atoms with Gasteiger partial charge < -0.3 is 9.42 Å². The van der Waals surface area contributed by atoms with E-state index < -0.39 is 0 Å². The minimum absolute atomic E-state index is 0.0979. The molecule has 4 nitrogen and oxygen atoms in total. The van der Waals surface area contributed by atoms with Crippen LogP contribution in [0.4, 0.5) is 4.39 Å². The smallest absolute Gasteiger partial charge is 0.276 e. The number of amides is 1. The molecule has 2 heterocycles. The fraction of sp³-hybridized carbons (Fsp3) is 0.375. The number of aromatic nitrogens is 1. The van der Waals surface area contributed by atoms with Gasteiger partial charge in [0.25, 0.3) is 5.91 Å². The first-order valence-corrected chi connectivity index (χ1v) is 7.19. The van der Waals surface area contributed by atoms with Crippen molar-refractivity contribution in [3.63, 3.8) is 0 Å². The number of benzene rings is 1. The molecule has 0 aliphatic carbocycles. The maximum atomic E-state index is 12.9. The van der Waals surface area contributed by atoms with E-state index in [1.807, 2.05) is 4.90 Å². The maximum absolute atomic E-state index is 12.9. The van der Waals surface area contributed by atoms with Crippen LogP contribution in [0.5, 0.6) is 0 Å². The fourth-order valence-corrected chi connectivity index (χ4v) is 2.67. The zero-order valence-corrected chi connectivity index (χ0v) is 11.9. The molecule has 21 heavy (non-hydrogen) atoms. The van der Waals surface area contributed by atoms with Crippen molar-refractivity contribution in [3.05, 3.63) is 41.8 Å². The predicted molar refractivity (Wildman–Crippen MR) is 76.2 cm³/mol. The van der Waals surface area contributed by atoms with Crippen LogP contribution >= 0.6 is 0 Å². The lowest BCUT2D eigenvalue weighted by molar-refractivity contribution is 0.0625. The van der Waals surface area contributed by atoms with E-state index in [9.17, 15) is 9.18 Å². The Morgan fingerprint density at radius 1 is 1.33 bits per heavy atom. The lowest BCUT2D eigenvalue weighted by atomic mass is 10.0. The highest BCUT2D eigenvalue weighted by Crippen LogP contribution is 2.23. The van der Waals surface area contributed by atoms with Crippen LogP contribution < -0.4 is 0 Å². The summed E-state index contributed by atoms with van der Waals surface area (Å²) in [6, 6.07) is 7.77. The maximum Gasteiger partial charge on any atom is 0.276 e. The average Bonchev–Trinajstić information content (AvgIpc) is 2.98. The third-order valence-corrected chi connectivity index (χ3v) is 3.92. The number of nitrogens with zero attached hydrogens (tertiary/aromatic N) is 2. The number of piperidine rings is 1. The number of rotatable bonds is 2. The van der Waals surface area contributed by atoms with Crippen LogP contribution in [0.2, 0.25) is 0 Å². The molecule has 1 amide bonds. The quantitative estimate of drug-likeness (QED) is 0.849. The molecule has 1 unspecified atom stereocenters. The second kappa shape index (κ2) is 5.68. The zero-order chi connectivity index (χ0) is 14.8. The highest BCUT2D eigenvalue weighted by Gasteiger charge is 2.26. The largest absolute Gasteiger partial charge is 0.355 e. The first-order chi connectivity index (χ1) is 10.1. The Hall–Kier alpha value is -2.17. The van der Waals surface area contributed by atoms with E-state index in [0.29, 0.717) is 17.0 Å². The van der Waals surface area contributed by atoms with Crippen LogP contribution in [0.3, 0.4) is 0 Å². The van der Waals surface area contributed by atoms with Gasteiger partial charge in [-0.25, -0.2) is 4.39 Å². The summed E-state index contributed by atoms with van der Waals surface area (Å²) in [5.41, 5.74) is 1.01. The monoisotopic (exact) mass is 288 g/mol. The SMILES string of the molecule is CC1CCCCN1C(=O)c1cc(-c2ccc(F)cc2)on1. The molecule has 1 aromatic carbocycles. The summed E-state index contributed by atoms with van der Waals surface area (Å²) in [4.78, 5) is 14.3. The van der Waals surface area contributed by atoms with E-state index >= 15 is 0 Å². The molecule has 1 aliphatic rings. The highest BCUT2D eigenvalue weighted by atomic mass is 19.1.